The minimum atomic E-state index is -0.581. The lowest BCUT2D eigenvalue weighted by Crippen LogP contribution is -2.05. The van der Waals surface area contributed by atoms with Crippen LogP contribution in [-0.2, 0) is 11.3 Å². The third-order valence-corrected chi connectivity index (χ3v) is 4.30. The van der Waals surface area contributed by atoms with E-state index in [9.17, 15) is 4.79 Å². The van der Waals surface area contributed by atoms with Gasteiger partial charge in [-0.2, -0.15) is 0 Å². The number of hydrogen-bond donors (Lipinski definition) is 0. The molecule has 6 nitrogen and oxygen atoms in total. The van der Waals surface area contributed by atoms with Crippen molar-refractivity contribution in [3.8, 4) is 22.6 Å². The summed E-state index contributed by atoms with van der Waals surface area (Å²) in [4.78, 5) is 12.2. The van der Waals surface area contributed by atoms with E-state index in [1.807, 2.05) is 62.4 Å². The highest BCUT2D eigenvalue weighted by molar-refractivity contribution is 5.88. The van der Waals surface area contributed by atoms with Crippen molar-refractivity contribution < 1.29 is 18.6 Å². The number of hydrogen-bond acceptors (Lipinski definition) is 6. The zero-order chi connectivity index (χ0) is 19.5. The van der Waals surface area contributed by atoms with Gasteiger partial charge in [-0.15, -0.1) is 0 Å². The van der Waals surface area contributed by atoms with Crippen LogP contribution in [0.1, 0.15) is 27.3 Å². The molecule has 0 radical (unpaired) electrons. The van der Waals surface area contributed by atoms with Gasteiger partial charge in [-0.3, -0.25) is 0 Å². The maximum Gasteiger partial charge on any atom is 0.360 e. The van der Waals surface area contributed by atoms with Gasteiger partial charge in [-0.05, 0) is 13.8 Å². The Bertz CT molecular complexity index is 1090. The molecule has 2 aromatic heterocycles. The number of carbonyl (C=O) groups is 1. The second-order valence-corrected chi connectivity index (χ2v) is 6.57. The Morgan fingerprint density at radius 2 is 1.36 bits per heavy atom. The van der Waals surface area contributed by atoms with Crippen molar-refractivity contribution in [3.63, 3.8) is 0 Å². The normalized spacial score (nSPS) is 10.8. The summed E-state index contributed by atoms with van der Waals surface area (Å²) < 4.78 is 15.8. The number of aromatic nitrogens is 2. The van der Waals surface area contributed by atoms with E-state index in [4.69, 9.17) is 13.8 Å². The molecule has 0 saturated heterocycles. The molecule has 140 valence electrons. The Balaban J connectivity index is 1.40. The molecule has 0 unspecified atom stereocenters. The van der Waals surface area contributed by atoms with Gasteiger partial charge in [-0.1, -0.05) is 70.0 Å². The first-order chi connectivity index (χ1) is 13.6. The van der Waals surface area contributed by atoms with E-state index in [1.165, 1.54) is 0 Å². The summed E-state index contributed by atoms with van der Waals surface area (Å²) >= 11 is 0. The minimum absolute atomic E-state index is 0.0130. The van der Waals surface area contributed by atoms with Gasteiger partial charge in [0.25, 0.3) is 0 Å². The van der Waals surface area contributed by atoms with Crippen LogP contribution in [0, 0.1) is 13.8 Å². The predicted octanol–water partition coefficient (Wildman–Crippen LogP) is 4.97. The molecular formula is C22H18N2O4. The molecule has 0 saturated carbocycles. The van der Waals surface area contributed by atoms with Gasteiger partial charge < -0.3 is 13.8 Å². The van der Waals surface area contributed by atoms with Gasteiger partial charge in [0.05, 0.1) is 0 Å². The average molecular weight is 374 g/mol. The summed E-state index contributed by atoms with van der Waals surface area (Å²) in [6, 6.07) is 19.0. The molecule has 6 heteroatoms. The monoisotopic (exact) mass is 374 g/mol. The average Bonchev–Trinajstić information content (AvgIpc) is 3.37. The lowest BCUT2D eigenvalue weighted by molar-refractivity contribution is 0.0452. The minimum Gasteiger partial charge on any atom is -0.454 e. The topological polar surface area (TPSA) is 78.4 Å². The van der Waals surface area contributed by atoms with E-state index in [1.54, 1.807) is 12.1 Å². The Hall–Kier alpha value is -3.67. The number of nitrogens with zero attached hydrogens (tertiary/aromatic N) is 2. The van der Waals surface area contributed by atoms with Crippen molar-refractivity contribution in [2.45, 2.75) is 20.5 Å². The fraction of sp³-hybridized carbons (Fsp3) is 0.136. The fourth-order valence-corrected chi connectivity index (χ4v) is 2.67. The molecule has 28 heavy (non-hydrogen) atoms. The fourth-order valence-electron chi connectivity index (χ4n) is 2.67. The quantitative estimate of drug-likeness (QED) is 0.459. The molecular weight excluding hydrogens is 356 g/mol. The molecule has 0 bridgehead atoms. The third-order valence-electron chi connectivity index (χ3n) is 4.30. The summed E-state index contributed by atoms with van der Waals surface area (Å²) in [7, 11) is 0. The van der Waals surface area contributed by atoms with Crippen LogP contribution in [0.25, 0.3) is 22.6 Å². The van der Waals surface area contributed by atoms with Gasteiger partial charge >= 0.3 is 5.97 Å². The van der Waals surface area contributed by atoms with Crippen LogP contribution >= 0.6 is 0 Å². The number of carbonyl (C=O) groups excluding carboxylic acids is 1. The molecule has 4 rings (SSSR count). The first-order valence-electron chi connectivity index (χ1n) is 8.82. The highest BCUT2D eigenvalue weighted by atomic mass is 16.5. The number of esters is 1. The van der Waals surface area contributed by atoms with E-state index in [0.717, 1.165) is 22.3 Å². The molecule has 0 aliphatic carbocycles. The van der Waals surface area contributed by atoms with Crippen LogP contribution in [-0.4, -0.2) is 16.3 Å². The molecule has 0 aliphatic heterocycles. The van der Waals surface area contributed by atoms with Crippen molar-refractivity contribution in [1.29, 1.82) is 0 Å². The van der Waals surface area contributed by atoms with Crippen molar-refractivity contribution in [2.75, 3.05) is 0 Å². The number of aryl methyl sites for hydroxylation is 2. The van der Waals surface area contributed by atoms with Gasteiger partial charge in [-0.25, -0.2) is 4.79 Å². The second kappa shape index (κ2) is 7.52. The third kappa shape index (κ3) is 3.86. The van der Waals surface area contributed by atoms with E-state index < -0.39 is 5.97 Å². The van der Waals surface area contributed by atoms with E-state index >= 15 is 0 Å². The SMILES string of the molecule is Cc1ccc(-c2cc(COC(=O)c3cc(-c4ccc(C)cc4)on3)no2)cc1. The smallest absolute Gasteiger partial charge is 0.360 e. The summed E-state index contributed by atoms with van der Waals surface area (Å²) in [5.74, 6) is 0.547. The standard InChI is InChI=1S/C22H18N2O4/c1-14-3-7-16(8-4-14)20-11-18(23-27-20)13-26-22(25)19-12-21(28-24-19)17-9-5-15(2)6-10-17/h3-12H,13H2,1-2H3. The van der Waals surface area contributed by atoms with Crippen LogP contribution in [0.2, 0.25) is 0 Å². The molecule has 0 spiro atoms. The van der Waals surface area contributed by atoms with Crippen molar-refractivity contribution in [1.82, 2.24) is 10.3 Å². The summed E-state index contributed by atoms with van der Waals surface area (Å²) in [6.07, 6.45) is 0. The number of benzene rings is 2. The van der Waals surface area contributed by atoms with Crippen LogP contribution in [0.5, 0.6) is 0 Å². The van der Waals surface area contributed by atoms with E-state index in [2.05, 4.69) is 10.3 Å². The molecule has 0 fully saturated rings. The number of ether oxygens (including phenoxy) is 1. The first-order valence-corrected chi connectivity index (χ1v) is 8.82. The second-order valence-electron chi connectivity index (χ2n) is 6.57. The Morgan fingerprint density at radius 1 is 0.821 bits per heavy atom. The lowest BCUT2D eigenvalue weighted by atomic mass is 10.1. The first kappa shape index (κ1) is 17.7. The molecule has 4 aromatic rings. The molecule has 0 atom stereocenters. The number of rotatable bonds is 5. The zero-order valence-electron chi connectivity index (χ0n) is 15.5. The van der Waals surface area contributed by atoms with Gasteiger partial charge in [0.2, 0.25) is 0 Å². The van der Waals surface area contributed by atoms with E-state index in [0.29, 0.717) is 17.2 Å². The van der Waals surface area contributed by atoms with Crippen LogP contribution in [0.4, 0.5) is 0 Å². The van der Waals surface area contributed by atoms with E-state index in [-0.39, 0.29) is 12.3 Å². The maximum atomic E-state index is 12.2. The van der Waals surface area contributed by atoms with Crippen molar-refractivity contribution in [3.05, 3.63) is 83.2 Å². The Labute approximate surface area is 161 Å². The highest BCUT2D eigenvalue weighted by Crippen LogP contribution is 2.23. The van der Waals surface area contributed by atoms with Crippen LogP contribution in [0.3, 0.4) is 0 Å². The zero-order valence-corrected chi connectivity index (χ0v) is 15.5. The lowest BCUT2D eigenvalue weighted by Gasteiger charge is -1.98. The van der Waals surface area contributed by atoms with Gasteiger partial charge in [0, 0.05) is 23.3 Å². The molecule has 0 aliphatic rings. The van der Waals surface area contributed by atoms with Crippen molar-refractivity contribution >= 4 is 5.97 Å². The van der Waals surface area contributed by atoms with Crippen LogP contribution in [0.15, 0.2) is 69.7 Å². The van der Waals surface area contributed by atoms with Crippen molar-refractivity contribution in [2.24, 2.45) is 0 Å². The maximum absolute atomic E-state index is 12.2. The summed E-state index contributed by atoms with van der Waals surface area (Å²) in [5, 5.41) is 7.74. The molecule has 2 heterocycles. The summed E-state index contributed by atoms with van der Waals surface area (Å²) in [6.45, 7) is 4.01. The molecule has 0 N–H and O–H groups in total. The largest absolute Gasteiger partial charge is 0.454 e. The molecule has 0 amide bonds. The van der Waals surface area contributed by atoms with Crippen LogP contribution < -0.4 is 0 Å². The molecule has 2 aromatic carbocycles. The Kier molecular flexibility index (Phi) is 4.76. The van der Waals surface area contributed by atoms with Gasteiger partial charge in [0.15, 0.2) is 17.2 Å². The Morgan fingerprint density at radius 3 is 1.96 bits per heavy atom. The highest BCUT2D eigenvalue weighted by Gasteiger charge is 2.16. The summed E-state index contributed by atoms with van der Waals surface area (Å²) in [5.41, 5.74) is 4.69. The van der Waals surface area contributed by atoms with Gasteiger partial charge in [0.1, 0.15) is 12.3 Å². The predicted molar refractivity (Wildman–Crippen MR) is 102 cm³/mol.